The van der Waals surface area contributed by atoms with Crippen molar-refractivity contribution >= 4 is 16.9 Å². The van der Waals surface area contributed by atoms with Gasteiger partial charge in [0.25, 0.3) is 5.91 Å². The zero-order valence-corrected chi connectivity index (χ0v) is 12.3. The predicted octanol–water partition coefficient (Wildman–Crippen LogP) is 1.38. The smallest absolute Gasteiger partial charge is 0.251 e. The molecule has 5 heteroatoms. The van der Waals surface area contributed by atoms with Crippen LogP contribution in [0.4, 0.5) is 0 Å². The molecule has 1 aromatic heterocycles. The first-order valence-electron chi connectivity index (χ1n) is 7.44. The van der Waals surface area contributed by atoms with Gasteiger partial charge in [-0.3, -0.25) is 9.69 Å². The van der Waals surface area contributed by atoms with E-state index in [1.54, 1.807) is 0 Å². The van der Waals surface area contributed by atoms with Crippen LogP contribution in [0.15, 0.2) is 28.7 Å². The van der Waals surface area contributed by atoms with Crippen LogP contribution in [0.3, 0.4) is 0 Å². The van der Waals surface area contributed by atoms with E-state index in [2.05, 4.69) is 15.5 Å². The lowest BCUT2D eigenvalue weighted by molar-refractivity contribution is 0.0947. The molecule has 1 amide bonds. The number of hydrogen-bond donors (Lipinski definition) is 2. The monoisotopic (exact) mass is 287 g/mol. The molecule has 1 aliphatic heterocycles. The maximum atomic E-state index is 12.2. The van der Waals surface area contributed by atoms with Gasteiger partial charge in [0.1, 0.15) is 11.3 Å². The summed E-state index contributed by atoms with van der Waals surface area (Å²) in [6, 6.07) is 7.50. The molecule has 0 aliphatic carbocycles. The number of carbonyl (C=O) groups is 1. The summed E-state index contributed by atoms with van der Waals surface area (Å²) in [7, 11) is 0. The minimum absolute atomic E-state index is 0.0223. The number of aryl methyl sites for hydroxylation is 1. The summed E-state index contributed by atoms with van der Waals surface area (Å²) in [6.45, 7) is 7.66. The molecule has 2 N–H and O–H groups in total. The van der Waals surface area contributed by atoms with Gasteiger partial charge in [0.2, 0.25) is 0 Å². The Hall–Kier alpha value is -1.85. The van der Waals surface area contributed by atoms with Crippen LogP contribution in [-0.4, -0.2) is 50.1 Å². The zero-order chi connectivity index (χ0) is 14.7. The Labute approximate surface area is 124 Å². The molecule has 0 saturated carbocycles. The minimum atomic E-state index is -0.0223. The number of fused-ring (bicyclic) bond motifs is 1. The van der Waals surface area contributed by atoms with Gasteiger partial charge in [-0.2, -0.15) is 0 Å². The summed E-state index contributed by atoms with van der Waals surface area (Å²) in [5, 5.41) is 7.28. The van der Waals surface area contributed by atoms with E-state index in [1.807, 2.05) is 31.2 Å². The second kappa shape index (κ2) is 6.28. The number of nitrogens with one attached hydrogen (secondary N) is 2. The molecule has 112 valence electrons. The molecule has 21 heavy (non-hydrogen) atoms. The zero-order valence-electron chi connectivity index (χ0n) is 12.3. The van der Waals surface area contributed by atoms with Crippen molar-refractivity contribution < 1.29 is 9.21 Å². The summed E-state index contributed by atoms with van der Waals surface area (Å²) in [6.07, 6.45) is 0. The van der Waals surface area contributed by atoms with E-state index in [4.69, 9.17) is 4.42 Å². The third-order valence-corrected chi connectivity index (χ3v) is 3.82. The number of benzene rings is 1. The first kappa shape index (κ1) is 14.1. The van der Waals surface area contributed by atoms with Crippen LogP contribution in [0.25, 0.3) is 11.0 Å². The summed E-state index contributed by atoms with van der Waals surface area (Å²) in [5.41, 5.74) is 1.51. The van der Waals surface area contributed by atoms with Crippen molar-refractivity contribution in [3.05, 3.63) is 35.6 Å². The van der Waals surface area contributed by atoms with E-state index in [0.29, 0.717) is 12.1 Å². The summed E-state index contributed by atoms with van der Waals surface area (Å²) < 4.78 is 5.52. The number of furan rings is 1. The lowest BCUT2D eigenvalue weighted by Crippen LogP contribution is -2.46. The maximum absolute atomic E-state index is 12.2. The predicted molar refractivity (Wildman–Crippen MR) is 82.6 cm³/mol. The van der Waals surface area contributed by atoms with Crippen LogP contribution < -0.4 is 10.6 Å². The number of nitrogens with zero attached hydrogens (tertiary/aromatic N) is 1. The fourth-order valence-corrected chi connectivity index (χ4v) is 2.68. The molecule has 1 saturated heterocycles. The van der Waals surface area contributed by atoms with Gasteiger partial charge in [-0.15, -0.1) is 0 Å². The van der Waals surface area contributed by atoms with Crippen LogP contribution >= 0.6 is 0 Å². The van der Waals surface area contributed by atoms with Crippen molar-refractivity contribution in [1.29, 1.82) is 0 Å². The van der Waals surface area contributed by atoms with Crippen molar-refractivity contribution in [2.24, 2.45) is 0 Å². The number of rotatable bonds is 4. The van der Waals surface area contributed by atoms with E-state index in [0.717, 1.165) is 49.5 Å². The van der Waals surface area contributed by atoms with Crippen molar-refractivity contribution in [3.63, 3.8) is 0 Å². The highest BCUT2D eigenvalue weighted by atomic mass is 16.3. The molecule has 1 aromatic carbocycles. The van der Waals surface area contributed by atoms with E-state index in [1.165, 1.54) is 0 Å². The average molecular weight is 287 g/mol. The molecule has 0 unspecified atom stereocenters. The van der Waals surface area contributed by atoms with E-state index < -0.39 is 0 Å². The Kier molecular flexibility index (Phi) is 4.22. The van der Waals surface area contributed by atoms with E-state index in [9.17, 15) is 4.79 Å². The summed E-state index contributed by atoms with van der Waals surface area (Å²) in [4.78, 5) is 14.5. The Morgan fingerprint density at radius 1 is 1.33 bits per heavy atom. The second-order valence-corrected chi connectivity index (χ2v) is 5.46. The average Bonchev–Trinajstić information content (AvgIpc) is 2.87. The molecular formula is C16H21N3O2. The lowest BCUT2D eigenvalue weighted by Gasteiger charge is -2.27. The minimum Gasteiger partial charge on any atom is -0.461 e. The largest absolute Gasteiger partial charge is 0.461 e. The molecular weight excluding hydrogens is 266 g/mol. The molecule has 5 nitrogen and oxygen atoms in total. The molecule has 0 atom stereocenters. The standard InChI is InChI=1S/C16H21N3O2/c1-12-10-14-11-13(2-3-15(14)21-12)16(20)18-6-9-19-7-4-17-5-8-19/h2-3,10-11,17H,4-9H2,1H3,(H,18,20). The highest BCUT2D eigenvalue weighted by Gasteiger charge is 2.11. The number of amides is 1. The molecule has 1 aliphatic rings. The quantitative estimate of drug-likeness (QED) is 0.892. The van der Waals surface area contributed by atoms with Crippen LogP contribution in [0.5, 0.6) is 0 Å². The summed E-state index contributed by atoms with van der Waals surface area (Å²) >= 11 is 0. The maximum Gasteiger partial charge on any atom is 0.251 e. The van der Waals surface area contributed by atoms with Gasteiger partial charge in [-0.1, -0.05) is 0 Å². The third kappa shape index (κ3) is 3.43. The molecule has 1 fully saturated rings. The topological polar surface area (TPSA) is 57.5 Å². The molecule has 0 spiro atoms. The van der Waals surface area contributed by atoms with Gasteiger partial charge in [0.15, 0.2) is 0 Å². The Balaban J connectivity index is 1.55. The SMILES string of the molecule is Cc1cc2cc(C(=O)NCCN3CCNCC3)ccc2o1. The molecule has 2 aromatic rings. The van der Waals surface area contributed by atoms with Gasteiger partial charge in [-0.05, 0) is 31.2 Å². The van der Waals surface area contributed by atoms with E-state index >= 15 is 0 Å². The Morgan fingerprint density at radius 3 is 2.95 bits per heavy atom. The Bertz CT molecular complexity index is 629. The van der Waals surface area contributed by atoms with Gasteiger partial charge in [0.05, 0.1) is 0 Å². The number of hydrogen-bond acceptors (Lipinski definition) is 4. The van der Waals surface area contributed by atoms with Crippen molar-refractivity contribution in [3.8, 4) is 0 Å². The lowest BCUT2D eigenvalue weighted by atomic mass is 10.1. The van der Waals surface area contributed by atoms with Crippen LogP contribution in [0, 0.1) is 6.92 Å². The van der Waals surface area contributed by atoms with Crippen LogP contribution in [0.1, 0.15) is 16.1 Å². The number of carbonyl (C=O) groups excluding carboxylic acids is 1. The highest BCUT2D eigenvalue weighted by Crippen LogP contribution is 2.20. The fraction of sp³-hybridized carbons (Fsp3) is 0.438. The van der Waals surface area contributed by atoms with Gasteiger partial charge < -0.3 is 15.1 Å². The normalized spacial score (nSPS) is 16.2. The van der Waals surface area contributed by atoms with Crippen LogP contribution in [-0.2, 0) is 0 Å². The first-order valence-corrected chi connectivity index (χ1v) is 7.44. The highest BCUT2D eigenvalue weighted by molar-refractivity contribution is 5.97. The van der Waals surface area contributed by atoms with Crippen molar-refractivity contribution in [2.45, 2.75) is 6.92 Å². The molecule has 0 radical (unpaired) electrons. The fourth-order valence-electron chi connectivity index (χ4n) is 2.68. The molecule has 3 rings (SSSR count). The number of piperazine rings is 1. The van der Waals surface area contributed by atoms with Crippen molar-refractivity contribution in [1.82, 2.24) is 15.5 Å². The second-order valence-electron chi connectivity index (χ2n) is 5.46. The van der Waals surface area contributed by atoms with Gasteiger partial charge in [-0.25, -0.2) is 0 Å². The van der Waals surface area contributed by atoms with Crippen LogP contribution in [0.2, 0.25) is 0 Å². The Morgan fingerprint density at radius 2 is 2.14 bits per heavy atom. The third-order valence-electron chi connectivity index (χ3n) is 3.82. The van der Waals surface area contributed by atoms with Gasteiger partial charge in [0, 0.05) is 50.2 Å². The molecule has 0 bridgehead atoms. The first-order chi connectivity index (χ1) is 10.2. The molecule has 2 heterocycles. The summed E-state index contributed by atoms with van der Waals surface area (Å²) in [5.74, 6) is 0.840. The van der Waals surface area contributed by atoms with Crippen molar-refractivity contribution in [2.75, 3.05) is 39.3 Å². The van der Waals surface area contributed by atoms with E-state index in [-0.39, 0.29) is 5.91 Å². The van der Waals surface area contributed by atoms with Gasteiger partial charge >= 0.3 is 0 Å².